The molecule has 0 saturated carbocycles. The van der Waals surface area contributed by atoms with Gasteiger partial charge in [-0.1, -0.05) is 74.9 Å². The molecular formula is C36H38F3N5O3. The van der Waals surface area contributed by atoms with Crippen LogP contribution in [-0.4, -0.2) is 46.6 Å². The molecule has 0 aliphatic carbocycles. The van der Waals surface area contributed by atoms with Gasteiger partial charge in [0.2, 0.25) is 0 Å². The highest BCUT2D eigenvalue weighted by Crippen LogP contribution is 2.35. The molecule has 3 N–H and O–H groups in total. The Morgan fingerprint density at radius 3 is 2.02 bits per heavy atom. The highest BCUT2D eigenvalue weighted by molar-refractivity contribution is 6.04. The number of carbonyl (C=O) groups is 3. The Morgan fingerprint density at radius 2 is 1.45 bits per heavy atom. The maximum atomic E-state index is 13.8. The zero-order valence-electron chi connectivity index (χ0n) is 26.7. The number of aromatic nitrogens is 2. The van der Waals surface area contributed by atoms with Crippen LogP contribution in [0.4, 0.5) is 29.5 Å². The van der Waals surface area contributed by atoms with Crippen LogP contribution in [0.2, 0.25) is 0 Å². The summed E-state index contributed by atoms with van der Waals surface area (Å²) in [5, 5.41) is 13.8. The predicted molar refractivity (Wildman–Crippen MR) is 176 cm³/mol. The summed E-state index contributed by atoms with van der Waals surface area (Å²) >= 11 is 0. The van der Waals surface area contributed by atoms with Gasteiger partial charge in [0.1, 0.15) is 5.82 Å². The molecule has 1 saturated heterocycles. The Bertz CT molecular complexity index is 1730. The van der Waals surface area contributed by atoms with Crippen LogP contribution in [0.25, 0.3) is 5.69 Å². The van der Waals surface area contributed by atoms with Crippen molar-refractivity contribution < 1.29 is 27.6 Å². The van der Waals surface area contributed by atoms with Gasteiger partial charge in [-0.05, 0) is 68.6 Å². The number of benzene rings is 3. The standard InChI is InChI=1S/C36H38F3N5O3/c1-22-5-15-28(16-6-22)44-30(21-29(43-44)35(2,3)4)42-34(47)41-27-13-11-23(12-14-27)31(24-17-19-40-20-18-24)32(45)25-7-9-26(10-8-25)33(46)36(37,38)39/h5-16,21,24,31,40H,17-20H2,1-4H3,(H2,41,42,47). The van der Waals surface area contributed by atoms with Crippen molar-refractivity contribution in [1.82, 2.24) is 15.1 Å². The number of hydrogen-bond donors (Lipinski definition) is 3. The lowest BCUT2D eigenvalue weighted by molar-refractivity contribution is -0.0885. The number of anilines is 2. The number of ketones is 2. The lowest BCUT2D eigenvalue weighted by atomic mass is 9.76. The molecule has 1 aliphatic heterocycles. The SMILES string of the molecule is Cc1ccc(-n2nc(C(C)(C)C)cc2NC(=O)Nc2ccc(C(C(=O)c3ccc(C(=O)C(F)(F)F)cc3)C3CCNCC3)cc2)cc1. The van der Waals surface area contributed by atoms with Crippen molar-refractivity contribution >= 4 is 29.1 Å². The van der Waals surface area contributed by atoms with Gasteiger partial charge < -0.3 is 10.6 Å². The van der Waals surface area contributed by atoms with E-state index in [1.54, 1.807) is 28.9 Å². The van der Waals surface area contributed by atoms with Gasteiger partial charge >= 0.3 is 12.2 Å². The average Bonchev–Trinajstić information content (AvgIpc) is 3.46. The zero-order chi connectivity index (χ0) is 33.9. The molecule has 2 amide bonds. The fourth-order valence-electron chi connectivity index (χ4n) is 5.72. The van der Waals surface area contributed by atoms with Crippen LogP contribution in [-0.2, 0) is 5.41 Å². The summed E-state index contributed by atoms with van der Waals surface area (Å²) in [4.78, 5) is 38.6. The van der Waals surface area contributed by atoms with E-state index in [4.69, 9.17) is 5.10 Å². The summed E-state index contributed by atoms with van der Waals surface area (Å²) in [6.07, 6.45) is -3.50. The second-order valence-corrected chi connectivity index (χ2v) is 12.9. The van der Waals surface area contributed by atoms with E-state index in [2.05, 4.69) is 16.0 Å². The van der Waals surface area contributed by atoms with Crippen molar-refractivity contribution in [2.45, 2.75) is 58.0 Å². The molecular weight excluding hydrogens is 607 g/mol. The molecule has 47 heavy (non-hydrogen) atoms. The van der Waals surface area contributed by atoms with Crippen LogP contribution in [0, 0.1) is 12.8 Å². The minimum absolute atomic E-state index is 0.00131. The number of halogens is 3. The number of nitrogens with zero attached hydrogens (tertiary/aromatic N) is 2. The predicted octanol–water partition coefficient (Wildman–Crippen LogP) is 7.83. The fraction of sp³-hybridized carbons (Fsp3) is 0.333. The number of alkyl halides is 3. The molecule has 0 spiro atoms. The number of piperidine rings is 1. The van der Waals surface area contributed by atoms with Gasteiger partial charge in [-0.3, -0.25) is 14.9 Å². The molecule has 246 valence electrons. The van der Waals surface area contributed by atoms with Crippen LogP contribution in [0.15, 0.2) is 78.9 Å². The summed E-state index contributed by atoms with van der Waals surface area (Å²) < 4.78 is 40.4. The molecule has 0 radical (unpaired) electrons. The van der Waals surface area contributed by atoms with E-state index in [1.165, 1.54) is 12.1 Å². The minimum atomic E-state index is -4.99. The molecule has 0 bridgehead atoms. The molecule has 8 nitrogen and oxygen atoms in total. The van der Waals surface area contributed by atoms with E-state index in [1.807, 2.05) is 58.0 Å². The number of urea groups is 1. The number of amides is 2. The van der Waals surface area contributed by atoms with Crippen LogP contribution in [0.1, 0.15) is 77.1 Å². The first-order chi connectivity index (χ1) is 22.2. The number of carbonyl (C=O) groups excluding carboxylic acids is 3. The topological polar surface area (TPSA) is 105 Å². The van der Waals surface area contributed by atoms with Crippen LogP contribution in [0.5, 0.6) is 0 Å². The molecule has 11 heteroatoms. The second kappa shape index (κ2) is 13.5. The summed E-state index contributed by atoms with van der Waals surface area (Å²) in [6, 6.07) is 20.9. The van der Waals surface area contributed by atoms with Crippen molar-refractivity contribution in [3.63, 3.8) is 0 Å². The Labute approximate surface area is 271 Å². The summed E-state index contributed by atoms with van der Waals surface area (Å²) in [6.45, 7) is 9.62. The zero-order valence-corrected chi connectivity index (χ0v) is 26.7. The van der Waals surface area contributed by atoms with E-state index < -0.39 is 29.5 Å². The van der Waals surface area contributed by atoms with E-state index in [9.17, 15) is 27.6 Å². The van der Waals surface area contributed by atoms with Crippen molar-refractivity contribution in [3.8, 4) is 5.69 Å². The number of nitrogens with one attached hydrogen (secondary N) is 3. The van der Waals surface area contributed by atoms with Gasteiger partial charge in [0.25, 0.3) is 5.78 Å². The molecule has 2 heterocycles. The van der Waals surface area contributed by atoms with E-state index >= 15 is 0 Å². The highest BCUT2D eigenvalue weighted by Gasteiger charge is 2.39. The third-order valence-electron chi connectivity index (χ3n) is 8.35. The number of hydrogen-bond acceptors (Lipinski definition) is 5. The molecule has 1 atom stereocenters. The first-order valence-corrected chi connectivity index (χ1v) is 15.5. The van der Waals surface area contributed by atoms with Crippen LogP contribution >= 0.6 is 0 Å². The Hall–Kier alpha value is -4.77. The molecule has 1 fully saturated rings. The van der Waals surface area contributed by atoms with E-state index in [0.29, 0.717) is 11.5 Å². The van der Waals surface area contributed by atoms with E-state index in [-0.39, 0.29) is 22.7 Å². The molecule has 5 rings (SSSR count). The average molecular weight is 646 g/mol. The quantitative estimate of drug-likeness (QED) is 0.170. The van der Waals surface area contributed by atoms with Crippen LogP contribution in [0.3, 0.4) is 0 Å². The maximum absolute atomic E-state index is 13.8. The number of rotatable bonds is 8. The maximum Gasteiger partial charge on any atom is 0.454 e. The van der Waals surface area contributed by atoms with Gasteiger partial charge in [0, 0.05) is 28.3 Å². The molecule has 3 aromatic carbocycles. The first kappa shape index (κ1) is 33.6. The lowest BCUT2D eigenvalue weighted by Crippen LogP contribution is -2.33. The molecule has 1 aliphatic rings. The largest absolute Gasteiger partial charge is 0.454 e. The summed E-state index contributed by atoms with van der Waals surface area (Å²) in [5.74, 6) is -2.23. The third kappa shape index (κ3) is 7.97. The fourth-order valence-corrected chi connectivity index (χ4v) is 5.72. The van der Waals surface area contributed by atoms with E-state index in [0.717, 1.165) is 60.6 Å². The smallest absolute Gasteiger partial charge is 0.317 e. The molecule has 1 unspecified atom stereocenters. The van der Waals surface area contributed by atoms with Crippen molar-refractivity contribution in [3.05, 3.63) is 107 Å². The first-order valence-electron chi connectivity index (χ1n) is 15.5. The number of aryl methyl sites for hydroxylation is 1. The Balaban J connectivity index is 1.34. The van der Waals surface area contributed by atoms with Crippen molar-refractivity contribution in [2.24, 2.45) is 5.92 Å². The summed E-state index contributed by atoms with van der Waals surface area (Å²) in [5.41, 5.74) is 3.43. The van der Waals surface area contributed by atoms with Crippen molar-refractivity contribution in [1.29, 1.82) is 0 Å². The Morgan fingerprint density at radius 1 is 0.851 bits per heavy atom. The monoisotopic (exact) mass is 645 g/mol. The normalized spacial score (nSPS) is 14.8. The summed E-state index contributed by atoms with van der Waals surface area (Å²) in [7, 11) is 0. The van der Waals surface area contributed by atoms with Gasteiger partial charge in [0.15, 0.2) is 5.78 Å². The van der Waals surface area contributed by atoms with Gasteiger partial charge in [0.05, 0.1) is 17.3 Å². The molecule has 1 aromatic heterocycles. The number of Topliss-reactive ketones (excluding diaryl/α,β-unsaturated/α-hetero) is 2. The van der Waals surface area contributed by atoms with Crippen molar-refractivity contribution in [2.75, 3.05) is 23.7 Å². The van der Waals surface area contributed by atoms with Gasteiger partial charge in [-0.15, -0.1) is 0 Å². The second-order valence-electron chi connectivity index (χ2n) is 12.9. The highest BCUT2D eigenvalue weighted by atomic mass is 19.4. The Kier molecular flexibility index (Phi) is 9.67. The molecule has 4 aromatic rings. The van der Waals surface area contributed by atoms with Crippen LogP contribution < -0.4 is 16.0 Å². The van der Waals surface area contributed by atoms with Gasteiger partial charge in [-0.2, -0.15) is 18.3 Å². The lowest BCUT2D eigenvalue weighted by Gasteiger charge is -2.30. The minimum Gasteiger partial charge on any atom is -0.317 e. The third-order valence-corrected chi connectivity index (χ3v) is 8.35. The van der Waals surface area contributed by atoms with Gasteiger partial charge in [-0.25, -0.2) is 9.48 Å².